The lowest BCUT2D eigenvalue weighted by Crippen LogP contribution is -2.41. The van der Waals surface area contributed by atoms with Gasteiger partial charge in [0.1, 0.15) is 0 Å². The van der Waals surface area contributed by atoms with E-state index in [4.69, 9.17) is 10.7 Å². The van der Waals surface area contributed by atoms with E-state index in [1.807, 2.05) is 0 Å². The van der Waals surface area contributed by atoms with Crippen molar-refractivity contribution in [1.29, 1.82) is 0 Å². The highest BCUT2D eigenvalue weighted by Crippen LogP contribution is 2.01. The molecule has 0 aromatic rings. The molecule has 14 heavy (non-hydrogen) atoms. The minimum absolute atomic E-state index is 0.685. The molecule has 5 nitrogen and oxygen atoms in total. The van der Waals surface area contributed by atoms with Gasteiger partial charge in [0.2, 0.25) is 0 Å². The van der Waals surface area contributed by atoms with Crippen molar-refractivity contribution in [2.45, 2.75) is 25.3 Å². The van der Waals surface area contributed by atoms with Gasteiger partial charge >= 0.3 is 0 Å². The maximum Gasteiger partial charge on any atom is 0.0591 e. The summed E-state index contributed by atoms with van der Waals surface area (Å²) in [7, 11) is 1.58. The number of nitrogens with two attached hydrogens (primary N) is 1. The van der Waals surface area contributed by atoms with Crippen molar-refractivity contribution in [2.75, 3.05) is 33.3 Å². The first kappa shape index (κ1) is 11.9. The zero-order valence-corrected chi connectivity index (χ0v) is 8.96. The molecule has 1 aliphatic heterocycles. The first-order chi connectivity index (χ1) is 6.83. The van der Waals surface area contributed by atoms with Crippen molar-refractivity contribution in [3.63, 3.8) is 0 Å². The van der Waals surface area contributed by atoms with Crippen molar-refractivity contribution in [2.24, 2.45) is 5.84 Å². The van der Waals surface area contributed by atoms with Crippen LogP contribution in [0.5, 0.6) is 0 Å². The van der Waals surface area contributed by atoms with Gasteiger partial charge in [-0.3, -0.25) is 4.84 Å². The van der Waals surface area contributed by atoms with E-state index in [2.05, 4.69) is 10.6 Å². The number of hydrogen-bond donors (Lipinski definition) is 3. The molecule has 0 unspecified atom stereocenters. The van der Waals surface area contributed by atoms with Gasteiger partial charge in [0.25, 0.3) is 0 Å². The summed E-state index contributed by atoms with van der Waals surface area (Å²) in [5.41, 5.74) is 0. The Labute approximate surface area is 85.9 Å². The van der Waals surface area contributed by atoms with Crippen LogP contribution in [0.4, 0.5) is 0 Å². The summed E-state index contributed by atoms with van der Waals surface area (Å²) in [4.78, 5) is 4.82. The minimum atomic E-state index is 0.685. The Morgan fingerprint density at radius 2 is 2.21 bits per heavy atom. The second kappa shape index (κ2) is 7.14. The summed E-state index contributed by atoms with van der Waals surface area (Å²) in [6.45, 7) is 4.06. The molecule has 1 rings (SSSR count). The summed E-state index contributed by atoms with van der Waals surface area (Å²) in [5.74, 6) is 5.47. The lowest BCUT2D eigenvalue weighted by Gasteiger charge is -2.24. The summed E-state index contributed by atoms with van der Waals surface area (Å²) in [5, 5.41) is 8.23. The normalized spacial score (nSPS) is 19.1. The van der Waals surface area contributed by atoms with Crippen LogP contribution in [0.25, 0.3) is 0 Å². The van der Waals surface area contributed by atoms with Crippen LogP contribution in [-0.2, 0) is 4.84 Å². The third kappa shape index (κ3) is 4.88. The Bertz CT molecular complexity index is 139. The average Bonchev–Trinajstić information content (AvgIpc) is 2.25. The van der Waals surface area contributed by atoms with Gasteiger partial charge in [-0.2, -0.15) is 0 Å². The Hall–Kier alpha value is -0.200. The molecule has 0 aromatic carbocycles. The molecular formula is C9H22N4O. The molecule has 0 spiro atoms. The highest BCUT2D eigenvalue weighted by atomic mass is 16.7. The quantitative estimate of drug-likeness (QED) is 0.307. The van der Waals surface area contributed by atoms with Crippen LogP contribution in [0.1, 0.15) is 19.3 Å². The number of rotatable bonds is 6. The molecule has 84 valence electrons. The topological polar surface area (TPSA) is 62.6 Å². The Morgan fingerprint density at radius 1 is 1.50 bits per heavy atom. The summed E-state index contributed by atoms with van der Waals surface area (Å²) >= 11 is 0. The predicted octanol–water partition coefficient (Wildman–Crippen LogP) is -0.545. The number of nitrogens with zero attached hydrogens (tertiary/aromatic N) is 1. The highest BCUT2D eigenvalue weighted by molar-refractivity contribution is 4.73. The summed E-state index contributed by atoms with van der Waals surface area (Å²) in [6, 6.07) is 0.685. The van der Waals surface area contributed by atoms with Gasteiger partial charge in [-0.15, -0.1) is 5.17 Å². The zero-order chi connectivity index (χ0) is 10.2. The maximum absolute atomic E-state index is 5.47. The van der Waals surface area contributed by atoms with Crippen molar-refractivity contribution in [3.05, 3.63) is 0 Å². The maximum atomic E-state index is 5.47. The number of nitrogens with one attached hydrogen (secondary N) is 2. The lowest BCUT2D eigenvalue weighted by molar-refractivity contribution is -0.134. The molecule has 0 radical (unpaired) electrons. The van der Waals surface area contributed by atoms with Crippen LogP contribution in [0.3, 0.4) is 0 Å². The van der Waals surface area contributed by atoms with Crippen molar-refractivity contribution >= 4 is 0 Å². The van der Waals surface area contributed by atoms with Gasteiger partial charge in [0.15, 0.2) is 0 Å². The van der Waals surface area contributed by atoms with E-state index >= 15 is 0 Å². The fraction of sp³-hybridized carbons (Fsp3) is 1.00. The van der Waals surface area contributed by atoms with Crippen LogP contribution in [-0.4, -0.2) is 44.5 Å². The number of piperidine rings is 1. The minimum Gasteiger partial charge on any atom is -0.317 e. The Kier molecular flexibility index (Phi) is 6.05. The highest BCUT2D eigenvalue weighted by Gasteiger charge is 2.11. The van der Waals surface area contributed by atoms with E-state index in [-0.39, 0.29) is 0 Å². The van der Waals surface area contributed by atoms with Gasteiger partial charge in [0, 0.05) is 12.6 Å². The van der Waals surface area contributed by atoms with Gasteiger partial charge < -0.3 is 10.6 Å². The SMILES string of the molecule is CON(N)CCCNC1CCNCC1. The van der Waals surface area contributed by atoms with E-state index in [1.165, 1.54) is 18.0 Å². The van der Waals surface area contributed by atoms with E-state index < -0.39 is 0 Å². The number of hydrogen-bond acceptors (Lipinski definition) is 5. The molecule has 1 aliphatic rings. The van der Waals surface area contributed by atoms with Crippen molar-refractivity contribution in [1.82, 2.24) is 15.8 Å². The molecule has 0 atom stereocenters. The molecule has 4 N–H and O–H groups in total. The van der Waals surface area contributed by atoms with Crippen LogP contribution in [0.15, 0.2) is 0 Å². The van der Waals surface area contributed by atoms with E-state index in [1.54, 1.807) is 7.11 Å². The van der Waals surface area contributed by atoms with Gasteiger partial charge in [-0.25, -0.2) is 5.84 Å². The van der Waals surface area contributed by atoms with Gasteiger partial charge in [0.05, 0.1) is 7.11 Å². The molecule has 0 aliphatic carbocycles. The van der Waals surface area contributed by atoms with Gasteiger partial charge in [-0.1, -0.05) is 0 Å². The second-order valence-electron chi connectivity index (χ2n) is 3.66. The largest absolute Gasteiger partial charge is 0.317 e. The molecule has 1 saturated heterocycles. The van der Waals surface area contributed by atoms with Crippen molar-refractivity contribution < 1.29 is 4.84 Å². The van der Waals surface area contributed by atoms with Crippen molar-refractivity contribution in [3.8, 4) is 0 Å². The molecule has 5 heteroatoms. The first-order valence-electron chi connectivity index (χ1n) is 5.33. The van der Waals surface area contributed by atoms with Crippen LogP contribution >= 0.6 is 0 Å². The zero-order valence-electron chi connectivity index (χ0n) is 8.96. The predicted molar refractivity (Wildman–Crippen MR) is 56.4 cm³/mol. The fourth-order valence-electron chi connectivity index (χ4n) is 1.66. The molecule has 0 saturated carbocycles. The molecular weight excluding hydrogens is 180 g/mol. The standard InChI is InChI=1S/C9H22N4O/c1-14-13(10)8-2-5-12-9-3-6-11-7-4-9/h9,11-12H,2-8,10H2,1H3. The Balaban J connectivity index is 1.92. The molecule has 0 bridgehead atoms. The van der Waals surface area contributed by atoms with Crippen LogP contribution in [0.2, 0.25) is 0 Å². The molecule has 1 heterocycles. The second-order valence-corrected chi connectivity index (χ2v) is 3.66. The number of hydroxylamine groups is 1. The first-order valence-corrected chi connectivity index (χ1v) is 5.33. The van der Waals surface area contributed by atoms with E-state index in [0.29, 0.717) is 6.04 Å². The summed E-state index contributed by atoms with van der Waals surface area (Å²) in [6.07, 6.45) is 3.49. The summed E-state index contributed by atoms with van der Waals surface area (Å²) < 4.78 is 0. The lowest BCUT2D eigenvalue weighted by atomic mass is 10.1. The molecule has 0 aromatic heterocycles. The monoisotopic (exact) mass is 202 g/mol. The average molecular weight is 202 g/mol. The smallest absolute Gasteiger partial charge is 0.0591 e. The molecule has 1 fully saturated rings. The van der Waals surface area contributed by atoms with Crippen LogP contribution in [0, 0.1) is 0 Å². The van der Waals surface area contributed by atoms with E-state index in [9.17, 15) is 0 Å². The molecule has 0 amide bonds. The fourth-order valence-corrected chi connectivity index (χ4v) is 1.66. The number of hydrazine groups is 1. The van der Waals surface area contributed by atoms with Gasteiger partial charge in [-0.05, 0) is 38.9 Å². The third-order valence-electron chi connectivity index (χ3n) is 2.56. The van der Waals surface area contributed by atoms with Crippen LogP contribution < -0.4 is 16.5 Å². The van der Waals surface area contributed by atoms with E-state index in [0.717, 1.165) is 32.6 Å². The Morgan fingerprint density at radius 3 is 2.86 bits per heavy atom. The third-order valence-corrected chi connectivity index (χ3v) is 2.56.